The first kappa shape index (κ1) is 16.2. The number of halogens is 1. The van der Waals surface area contributed by atoms with Crippen molar-refractivity contribution in [1.29, 1.82) is 0 Å². The summed E-state index contributed by atoms with van der Waals surface area (Å²) in [5.74, 6) is 1.13. The SMILES string of the molecule is CCc1n[nH]c(CNC(=O)NC2CCN(c3ccc(F)cc3)C2)n1. The molecule has 1 unspecified atom stereocenters. The van der Waals surface area contributed by atoms with Gasteiger partial charge in [-0.2, -0.15) is 5.10 Å². The standard InChI is InChI=1S/C16H21FN6O/c1-2-14-20-15(22-21-14)9-18-16(24)19-12-7-8-23(10-12)13-5-3-11(17)4-6-13/h3-6,12H,2,7-10H2,1H3,(H2,18,19,24)(H,20,21,22). The molecule has 0 aliphatic carbocycles. The lowest BCUT2D eigenvalue weighted by Gasteiger charge is -2.19. The van der Waals surface area contributed by atoms with Gasteiger partial charge in [0.25, 0.3) is 0 Å². The van der Waals surface area contributed by atoms with Crippen molar-refractivity contribution >= 4 is 11.7 Å². The van der Waals surface area contributed by atoms with Crippen LogP contribution in [-0.4, -0.2) is 40.3 Å². The van der Waals surface area contributed by atoms with Gasteiger partial charge in [-0.15, -0.1) is 0 Å². The Bertz CT molecular complexity index is 686. The Morgan fingerprint density at radius 2 is 2.21 bits per heavy atom. The molecule has 1 aromatic heterocycles. The number of anilines is 1. The molecule has 24 heavy (non-hydrogen) atoms. The Labute approximate surface area is 139 Å². The number of nitrogens with zero attached hydrogens (tertiary/aromatic N) is 3. The number of carbonyl (C=O) groups excluding carboxylic acids is 1. The van der Waals surface area contributed by atoms with E-state index in [1.807, 2.05) is 6.92 Å². The summed E-state index contributed by atoms with van der Waals surface area (Å²) in [5, 5.41) is 12.5. The van der Waals surface area contributed by atoms with E-state index in [4.69, 9.17) is 0 Å². The van der Waals surface area contributed by atoms with Gasteiger partial charge in [-0.25, -0.2) is 14.2 Å². The van der Waals surface area contributed by atoms with Gasteiger partial charge in [-0.1, -0.05) is 6.92 Å². The first-order chi connectivity index (χ1) is 11.6. The number of aryl methyl sites for hydroxylation is 1. The average Bonchev–Trinajstić information content (AvgIpc) is 3.23. The van der Waals surface area contributed by atoms with Crippen LogP contribution in [0.1, 0.15) is 25.0 Å². The highest BCUT2D eigenvalue weighted by Gasteiger charge is 2.24. The third kappa shape index (κ3) is 4.01. The average molecular weight is 332 g/mol. The largest absolute Gasteiger partial charge is 0.369 e. The topological polar surface area (TPSA) is 85.9 Å². The molecule has 1 aliphatic heterocycles. The van der Waals surface area contributed by atoms with Crippen molar-refractivity contribution in [2.75, 3.05) is 18.0 Å². The number of hydrogen-bond donors (Lipinski definition) is 3. The zero-order chi connectivity index (χ0) is 16.9. The molecule has 2 amide bonds. The molecule has 1 saturated heterocycles. The molecule has 3 N–H and O–H groups in total. The van der Waals surface area contributed by atoms with Crippen molar-refractivity contribution in [2.45, 2.75) is 32.4 Å². The molecule has 3 rings (SSSR count). The fourth-order valence-corrected chi connectivity index (χ4v) is 2.74. The summed E-state index contributed by atoms with van der Waals surface area (Å²) in [6.45, 7) is 3.83. The summed E-state index contributed by atoms with van der Waals surface area (Å²) in [6.07, 6.45) is 1.61. The summed E-state index contributed by atoms with van der Waals surface area (Å²) in [7, 11) is 0. The zero-order valence-corrected chi connectivity index (χ0v) is 13.6. The first-order valence-corrected chi connectivity index (χ1v) is 8.09. The number of nitrogens with one attached hydrogen (secondary N) is 3. The van der Waals surface area contributed by atoms with Crippen molar-refractivity contribution in [1.82, 2.24) is 25.8 Å². The maximum absolute atomic E-state index is 13.0. The van der Waals surface area contributed by atoms with Crippen LogP contribution in [0.3, 0.4) is 0 Å². The minimum Gasteiger partial charge on any atom is -0.369 e. The van der Waals surface area contributed by atoms with Gasteiger partial charge in [0.15, 0.2) is 5.82 Å². The van der Waals surface area contributed by atoms with Crippen LogP contribution in [0.25, 0.3) is 0 Å². The van der Waals surface area contributed by atoms with Crippen LogP contribution in [0.2, 0.25) is 0 Å². The zero-order valence-electron chi connectivity index (χ0n) is 13.6. The summed E-state index contributed by atoms with van der Waals surface area (Å²) in [6, 6.07) is 6.25. The number of rotatable bonds is 5. The lowest BCUT2D eigenvalue weighted by atomic mass is 10.3. The first-order valence-electron chi connectivity index (χ1n) is 8.09. The normalized spacial score (nSPS) is 17.1. The second-order valence-corrected chi connectivity index (χ2v) is 5.79. The Balaban J connectivity index is 1.44. The summed E-state index contributed by atoms with van der Waals surface area (Å²) in [4.78, 5) is 18.4. The van der Waals surface area contributed by atoms with E-state index in [0.29, 0.717) is 18.9 Å². The van der Waals surface area contributed by atoms with Crippen molar-refractivity contribution in [3.05, 3.63) is 41.7 Å². The highest BCUT2D eigenvalue weighted by Crippen LogP contribution is 2.20. The van der Waals surface area contributed by atoms with Gasteiger partial charge in [-0.05, 0) is 30.7 Å². The van der Waals surface area contributed by atoms with Gasteiger partial charge >= 0.3 is 6.03 Å². The molecule has 1 atom stereocenters. The number of H-pyrrole nitrogens is 1. The fourth-order valence-electron chi connectivity index (χ4n) is 2.74. The van der Waals surface area contributed by atoms with E-state index in [9.17, 15) is 9.18 Å². The molecule has 7 nitrogen and oxygen atoms in total. The smallest absolute Gasteiger partial charge is 0.315 e. The highest BCUT2D eigenvalue weighted by atomic mass is 19.1. The number of carbonyl (C=O) groups is 1. The number of benzene rings is 1. The molecule has 1 fully saturated rings. The number of hydrogen-bond acceptors (Lipinski definition) is 4. The maximum atomic E-state index is 13.0. The Kier molecular flexibility index (Phi) is 4.93. The van der Waals surface area contributed by atoms with Crippen molar-refractivity contribution < 1.29 is 9.18 Å². The minimum absolute atomic E-state index is 0.0657. The number of aromatic amines is 1. The molecule has 1 aromatic carbocycles. The Hall–Kier alpha value is -2.64. The highest BCUT2D eigenvalue weighted by molar-refractivity contribution is 5.74. The van der Waals surface area contributed by atoms with Gasteiger partial charge in [0.05, 0.1) is 6.54 Å². The summed E-state index contributed by atoms with van der Waals surface area (Å²) >= 11 is 0. The predicted octanol–water partition coefficient (Wildman–Crippen LogP) is 1.58. The van der Waals surface area contributed by atoms with Crippen LogP contribution < -0.4 is 15.5 Å². The fraction of sp³-hybridized carbons (Fsp3) is 0.438. The monoisotopic (exact) mass is 332 g/mol. The van der Waals surface area contributed by atoms with E-state index in [1.54, 1.807) is 12.1 Å². The van der Waals surface area contributed by atoms with Crippen molar-refractivity contribution in [2.24, 2.45) is 0 Å². The molecule has 0 bridgehead atoms. The third-order valence-electron chi connectivity index (χ3n) is 4.03. The molecule has 8 heteroatoms. The van der Waals surface area contributed by atoms with E-state index in [0.717, 1.165) is 30.9 Å². The van der Waals surface area contributed by atoms with Crippen LogP contribution in [-0.2, 0) is 13.0 Å². The van der Waals surface area contributed by atoms with Gasteiger partial charge in [0.1, 0.15) is 11.6 Å². The molecule has 0 saturated carbocycles. The van der Waals surface area contributed by atoms with Crippen LogP contribution in [0, 0.1) is 5.82 Å². The molecule has 2 aromatic rings. The molecular formula is C16H21FN6O. The van der Waals surface area contributed by atoms with E-state index in [1.165, 1.54) is 12.1 Å². The Morgan fingerprint density at radius 3 is 2.92 bits per heavy atom. The van der Waals surface area contributed by atoms with Crippen LogP contribution in [0.5, 0.6) is 0 Å². The third-order valence-corrected chi connectivity index (χ3v) is 4.03. The number of aromatic nitrogens is 3. The molecule has 128 valence electrons. The van der Waals surface area contributed by atoms with Crippen LogP contribution in [0.15, 0.2) is 24.3 Å². The summed E-state index contributed by atoms with van der Waals surface area (Å²) < 4.78 is 13.0. The van der Waals surface area contributed by atoms with Gasteiger partial charge in [-0.3, -0.25) is 5.10 Å². The van der Waals surface area contributed by atoms with E-state index < -0.39 is 0 Å². The number of urea groups is 1. The van der Waals surface area contributed by atoms with Crippen molar-refractivity contribution in [3.63, 3.8) is 0 Å². The van der Waals surface area contributed by atoms with Crippen LogP contribution >= 0.6 is 0 Å². The predicted molar refractivity (Wildman–Crippen MR) is 88.2 cm³/mol. The second kappa shape index (κ2) is 7.29. The lowest BCUT2D eigenvalue weighted by molar-refractivity contribution is 0.237. The number of amides is 2. The molecular weight excluding hydrogens is 311 g/mol. The lowest BCUT2D eigenvalue weighted by Crippen LogP contribution is -2.43. The van der Waals surface area contributed by atoms with E-state index in [2.05, 4.69) is 30.7 Å². The van der Waals surface area contributed by atoms with E-state index >= 15 is 0 Å². The summed E-state index contributed by atoms with van der Waals surface area (Å²) in [5.41, 5.74) is 0.967. The van der Waals surface area contributed by atoms with Crippen molar-refractivity contribution in [3.8, 4) is 0 Å². The molecule has 1 aliphatic rings. The molecule has 0 radical (unpaired) electrons. The maximum Gasteiger partial charge on any atom is 0.315 e. The Morgan fingerprint density at radius 1 is 1.42 bits per heavy atom. The van der Waals surface area contributed by atoms with E-state index in [-0.39, 0.29) is 17.9 Å². The second-order valence-electron chi connectivity index (χ2n) is 5.79. The minimum atomic E-state index is -0.245. The van der Waals surface area contributed by atoms with Gasteiger partial charge < -0.3 is 15.5 Å². The molecule has 0 spiro atoms. The van der Waals surface area contributed by atoms with Gasteiger partial charge in [0.2, 0.25) is 0 Å². The quantitative estimate of drug-likeness (QED) is 0.776. The van der Waals surface area contributed by atoms with Crippen LogP contribution in [0.4, 0.5) is 14.9 Å². The molecule has 2 heterocycles. The van der Waals surface area contributed by atoms with Gasteiger partial charge in [0, 0.05) is 31.2 Å².